The molecule has 0 unspecified atom stereocenters. The average Bonchev–Trinajstić information content (AvgIpc) is 2.37. The van der Waals surface area contributed by atoms with Crippen LogP contribution in [0.1, 0.15) is 13.8 Å². The van der Waals surface area contributed by atoms with Gasteiger partial charge < -0.3 is 15.3 Å². The molecule has 21 heavy (non-hydrogen) atoms. The zero-order chi connectivity index (χ0) is 16.1. The molecule has 0 spiro atoms. The summed E-state index contributed by atoms with van der Waals surface area (Å²) in [5.41, 5.74) is -4.76. The fourth-order valence-corrected chi connectivity index (χ4v) is 2.15. The Kier molecular flexibility index (Phi) is 3.13. The first kappa shape index (κ1) is 14.4. The molecule has 0 aliphatic heterocycles. The van der Waals surface area contributed by atoms with Gasteiger partial charge in [0.2, 0.25) is 21.7 Å². The Morgan fingerprint density at radius 2 is 1.38 bits per heavy atom. The molecule has 0 radical (unpaired) electrons. The minimum Gasteiger partial charge on any atom is -0.512 e. The molecule has 3 N–H and O–H groups in total. The summed E-state index contributed by atoms with van der Waals surface area (Å²) in [5, 5.41) is 25.9. The smallest absolute Gasteiger partial charge is 0.241 e. The van der Waals surface area contributed by atoms with E-state index in [1.165, 1.54) is 0 Å². The van der Waals surface area contributed by atoms with Crippen LogP contribution in [0.4, 0.5) is 0 Å². The van der Waals surface area contributed by atoms with Gasteiger partial charge in [-0.2, -0.15) is 0 Å². The molecule has 0 saturated carbocycles. The van der Waals surface area contributed by atoms with E-state index in [1.54, 1.807) is 0 Å². The molecule has 7 heteroatoms. The first-order valence-electron chi connectivity index (χ1n) is 5.81. The summed E-state index contributed by atoms with van der Waals surface area (Å²) in [6.45, 7) is 2.20. The van der Waals surface area contributed by atoms with Crippen LogP contribution in [0.5, 0.6) is 5.75 Å². The lowest BCUT2D eigenvalue weighted by Crippen LogP contribution is -2.52. The molecule has 2 aliphatic rings. The highest BCUT2D eigenvalue weighted by atomic mass is 16.3. The van der Waals surface area contributed by atoms with Crippen LogP contribution in [0.15, 0.2) is 25.2 Å². The molecule has 0 aromatic rings. The Labute approximate surface area is 115 Å². The summed E-state index contributed by atoms with van der Waals surface area (Å²) in [7, 11) is 0. The number of aliphatic hydroxyl groups excluding tert-OH is 2. The minimum atomic E-state index is -1.32. The summed E-state index contributed by atoms with van der Waals surface area (Å²) in [4.78, 5) is 48.0. The number of aromatic hydroxyl groups is 1. The van der Waals surface area contributed by atoms with Crippen LogP contribution < -0.4 is 32.2 Å². The normalized spacial score (nSPS) is 14.2. The predicted molar refractivity (Wildman–Crippen MR) is 73.5 cm³/mol. The highest BCUT2D eigenvalue weighted by Gasteiger charge is 2.16. The van der Waals surface area contributed by atoms with Gasteiger partial charge in [-0.05, 0) is 19.9 Å². The number of hydrogen-bond acceptors (Lipinski definition) is 7. The van der Waals surface area contributed by atoms with Crippen molar-refractivity contribution in [3.63, 3.8) is 0 Å². The second-order valence-electron chi connectivity index (χ2n) is 4.56. The van der Waals surface area contributed by atoms with Crippen molar-refractivity contribution in [1.29, 1.82) is 0 Å². The third-order valence-corrected chi connectivity index (χ3v) is 3.12. The van der Waals surface area contributed by atoms with E-state index in [-0.39, 0.29) is 5.22 Å². The van der Waals surface area contributed by atoms with E-state index in [9.17, 15) is 34.5 Å². The fraction of sp³-hybridized carbons (Fsp3) is 0.143. The van der Waals surface area contributed by atoms with E-state index < -0.39 is 54.6 Å². The maximum Gasteiger partial charge on any atom is 0.241 e. The Bertz CT molecular complexity index is 1140. The predicted octanol–water partition coefficient (Wildman–Crippen LogP) is -2.19. The standard InChI is InChI=1S/C14H10O7/c1-4(15)6-3-7(17)9-10(11(6)18)14(21)13(20)8(5(2)16)12(9)19/h3,15-17H,1-2H3. The van der Waals surface area contributed by atoms with Crippen LogP contribution in [-0.2, 0) is 0 Å². The van der Waals surface area contributed by atoms with Crippen LogP contribution in [0, 0.1) is 10.4 Å². The van der Waals surface area contributed by atoms with E-state index in [0.717, 1.165) is 19.9 Å². The lowest BCUT2D eigenvalue weighted by molar-refractivity contribution is 0.466. The van der Waals surface area contributed by atoms with Gasteiger partial charge in [0.05, 0.1) is 15.7 Å². The Balaban J connectivity index is 3.63. The molecule has 2 rings (SSSR count). The number of aliphatic hydroxyl groups is 2. The summed E-state index contributed by atoms with van der Waals surface area (Å²) in [5.74, 6) is -1.87. The summed E-state index contributed by atoms with van der Waals surface area (Å²) < 4.78 is 0. The molecular formula is C14H10O7. The van der Waals surface area contributed by atoms with Crippen molar-refractivity contribution >= 4 is 11.5 Å². The Hall–Kier alpha value is -2.96. The van der Waals surface area contributed by atoms with Crippen LogP contribution >= 0.6 is 0 Å². The molecule has 0 saturated heterocycles. The molecule has 0 aromatic heterocycles. The monoisotopic (exact) mass is 290 g/mol. The topological polar surface area (TPSA) is 129 Å². The molecular weight excluding hydrogens is 280 g/mol. The molecule has 0 amide bonds. The van der Waals surface area contributed by atoms with Gasteiger partial charge in [0.1, 0.15) is 22.5 Å². The Morgan fingerprint density at radius 1 is 0.810 bits per heavy atom. The van der Waals surface area contributed by atoms with Crippen molar-refractivity contribution in [1.82, 2.24) is 0 Å². The molecule has 7 nitrogen and oxygen atoms in total. The van der Waals surface area contributed by atoms with Crippen molar-refractivity contribution in [2.24, 2.45) is 0 Å². The number of hydrogen-bond donors (Lipinski definition) is 3. The molecule has 0 atom stereocenters. The first-order valence-corrected chi connectivity index (χ1v) is 5.81. The lowest BCUT2D eigenvalue weighted by Gasteiger charge is -1.97. The third kappa shape index (κ3) is 1.90. The van der Waals surface area contributed by atoms with E-state index in [0.29, 0.717) is 0 Å². The van der Waals surface area contributed by atoms with Gasteiger partial charge in [0.25, 0.3) is 0 Å². The van der Waals surface area contributed by atoms with Crippen molar-refractivity contribution in [3.8, 4) is 5.75 Å². The fourth-order valence-electron chi connectivity index (χ4n) is 2.15. The number of rotatable bonds is 0. The van der Waals surface area contributed by atoms with Gasteiger partial charge in [-0.25, -0.2) is 0 Å². The highest BCUT2D eigenvalue weighted by Crippen LogP contribution is 2.02. The summed E-state index contributed by atoms with van der Waals surface area (Å²) in [6.07, 6.45) is 0. The van der Waals surface area contributed by atoms with Gasteiger partial charge in [-0.3, -0.25) is 19.2 Å². The summed E-state index contributed by atoms with van der Waals surface area (Å²) in [6, 6.07) is 0.835. The molecule has 2 aliphatic carbocycles. The largest absolute Gasteiger partial charge is 0.512 e. The van der Waals surface area contributed by atoms with E-state index in [2.05, 4.69) is 0 Å². The summed E-state index contributed by atoms with van der Waals surface area (Å²) >= 11 is 0. The molecule has 0 bridgehead atoms. The molecule has 108 valence electrons. The van der Waals surface area contributed by atoms with Crippen LogP contribution in [0.2, 0.25) is 0 Å². The van der Waals surface area contributed by atoms with Crippen molar-refractivity contribution in [3.05, 3.63) is 67.8 Å². The maximum atomic E-state index is 12.1. The van der Waals surface area contributed by atoms with Gasteiger partial charge >= 0.3 is 0 Å². The molecule has 0 heterocycles. The van der Waals surface area contributed by atoms with E-state index >= 15 is 0 Å². The van der Waals surface area contributed by atoms with E-state index in [1.807, 2.05) is 0 Å². The van der Waals surface area contributed by atoms with E-state index in [4.69, 9.17) is 0 Å². The zero-order valence-corrected chi connectivity index (χ0v) is 11.1. The minimum absolute atomic E-state index is 0.381. The van der Waals surface area contributed by atoms with Gasteiger partial charge in [-0.1, -0.05) is 0 Å². The van der Waals surface area contributed by atoms with Crippen LogP contribution in [-0.4, -0.2) is 15.3 Å². The SMILES string of the molecule is CC(O)=c1cc(O)c2c(=O)c(=C(C)O)c(=O)c(=O)c=2c1=O. The van der Waals surface area contributed by atoms with Crippen LogP contribution in [0.25, 0.3) is 11.5 Å². The van der Waals surface area contributed by atoms with Crippen LogP contribution in [0.3, 0.4) is 0 Å². The second kappa shape index (κ2) is 4.55. The van der Waals surface area contributed by atoms with Crippen molar-refractivity contribution in [2.45, 2.75) is 13.8 Å². The quantitative estimate of drug-likeness (QED) is 0.470. The Morgan fingerprint density at radius 3 is 1.86 bits per heavy atom. The zero-order valence-electron chi connectivity index (χ0n) is 11.1. The van der Waals surface area contributed by atoms with Crippen molar-refractivity contribution in [2.75, 3.05) is 0 Å². The first-order chi connectivity index (χ1) is 9.68. The van der Waals surface area contributed by atoms with Gasteiger partial charge in [0.15, 0.2) is 0 Å². The molecule has 0 fully saturated rings. The third-order valence-electron chi connectivity index (χ3n) is 3.12. The van der Waals surface area contributed by atoms with Crippen molar-refractivity contribution < 1.29 is 15.3 Å². The average molecular weight is 290 g/mol. The lowest BCUT2D eigenvalue weighted by atomic mass is 10.1. The maximum absolute atomic E-state index is 12.1. The van der Waals surface area contributed by atoms with Gasteiger partial charge in [-0.15, -0.1) is 0 Å². The highest BCUT2D eigenvalue weighted by molar-refractivity contribution is 5.40. The second-order valence-corrected chi connectivity index (χ2v) is 4.56. The van der Waals surface area contributed by atoms with Gasteiger partial charge in [0, 0.05) is 0 Å². The molecule has 0 aromatic carbocycles.